The van der Waals surface area contributed by atoms with Crippen molar-refractivity contribution in [2.75, 3.05) is 11.4 Å². The van der Waals surface area contributed by atoms with Gasteiger partial charge in [0.2, 0.25) is 11.8 Å². The molecule has 2 aliphatic heterocycles. The lowest BCUT2D eigenvalue weighted by molar-refractivity contribution is -0.137. The summed E-state index contributed by atoms with van der Waals surface area (Å²) in [7, 11) is 0. The Morgan fingerprint density at radius 2 is 1.74 bits per heavy atom. The van der Waals surface area contributed by atoms with Crippen molar-refractivity contribution in [3.8, 4) is 0 Å². The summed E-state index contributed by atoms with van der Waals surface area (Å²) in [6, 6.07) is 5.57. The summed E-state index contributed by atoms with van der Waals surface area (Å²) in [5.74, 6) is 0.355. The second kappa shape index (κ2) is 8.09. The highest BCUT2D eigenvalue weighted by Crippen LogP contribution is 2.39. The average molecular weight is 424 g/mol. The third-order valence-corrected chi connectivity index (χ3v) is 7.30. The molecule has 0 spiro atoms. The first-order valence-electron chi connectivity index (χ1n) is 11.6. The molecule has 7 heteroatoms. The maximum absolute atomic E-state index is 13.2. The van der Waals surface area contributed by atoms with Crippen molar-refractivity contribution in [3.05, 3.63) is 29.3 Å². The van der Waals surface area contributed by atoms with E-state index in [-0.39, 0.29) is 24.1 Å². The molecule has 0 aromatic heterocycles. The minimum Gasteiger partial charge on any atom is -0.368 e. The van der Waals surface area contributed by atoms with E-state index >= 15 is 0 Å². The molecule has 1 aromatic carbocycles. The molecule has 0 radical (unpaired) electrons. The number of rotatable bonds is 6. The van der Waals surface area contributed by atoms with E-state index < -0.39 is 6.04 Å². The minimum absolute atomic E-state index is 0.132. The number of Topliss-reactive ketones (excluding diaryl/α,β-unsaturated/α-hetero) is 1. The lowest BCUT2D eigenvalue weighted by Crippen LogP contribution is -2.52. The second-order valence-corrected chi connectivity index (χ2v) is 9.40. The van der Waals surface area contributed by atoms with Crippen LogP contribution in [0.5, 0.6) is 0 Å². The summed E-state index contributed by atoms with van der Waals surface area (Å²) >= 11 is 0. The molecule has 5 rings (SSSR count). The quantitative estimate of drug-likeness (QED) is 0.711. The van der Waals surface area contributed by atoms with Gasteiger partial charge in [0.05, 0.1) is 0 Å². The molecule has 0 bridgehead atoms. The van der Waals surface area contributed by atoms with Crippen molar-refractivity contribution >= 4 is 29.2 Å². The average Bonchev–Trinajstić information content (AvgIpc) is 3.52. The van der Waals surface area contributed by atoms with Gasteiger partial charge in [-0.05, 0) is 43.7 Å². The van der Waals surface area contributed by atoms with Crippen LogP contribution in [-0.4, -0.2) is 47.0 Å². The molecule has 164 valence electrons. The molecule has 3 fully saturated rings. The Balaban J connectivity index is 1.42. The Bertz CT molecular complexity index is 929. The highest BCUT2D eigenvalue weighted by molar-refractivity contribution is 6.06. The Morgan fingerprint density at radius 3 is 2.45 bits per heavy atom. The van der Waals surface area contributed by atoms with Crippen LogP contribution < -0.4 is 10.2 Å². The van der Waals surface area contributed by atoms with E-state index in [1.54, 1.807) is 4.90 Å². The van der Waals surface area contributed by atoms with Crippen LogP contribution in [0.1, 0.15) is 73.7 Å². The molecule has 1 unspecified atom stereocenters. The van der Waals surface area contributed by atoms with Crippen molar-refractivity contribution in [2.45, 2.75) is 76.4 Å². The first-order valence-corrected chi connectivity index (χ1v) is 11.6. The molecule has 3 amide bonds. The number of benzene rings is 1. The van der Waals surface area contributed by atoms with Gasteiger partial charge in [-0.1, -0.05) is 18.9 Å². The molecule has 2 heterocycles. The molecule has 1 atom stereocenters. The van der Waals surface area contributed by atoms with Gasteiger partial charge in [0.1, 0.15) is 11.8 Å². The molecule has 2 saturated carbocycles. The zero-order chi connectivity index (χ0) is 21.5. The summed E-state index contributed by atoms with van der Waals surface area (Å²) in [6.45, 7) is 1.33. The highest BCUT2D eigenvalue weighted by atomic mass is 16.2. The normalized spacial score (nSPS) is 24.4. The first-order chi connectivity index (χ1) is 15.0. The van der Waals surface area contributed by atoms with Crippen LogP contribution in [-0.2, 0) is 20.9 Å². The van der Waals surface area contributed by atoms with Crippen molar-refractivity contribution in [2.24, 2.45) is 5.92 Å². The molecule has 7 nitrogen and oxygen atoms in total. The number of hydrogen-bond acceptors (Lipinski definition) is 5. The Kier molecular flexibility index (Phi) is 5.28. The van der Waals surface area contributed by atoms with Crippen LogP contribution in [0.25, 0.3) is 0 Å². The zero-order valence-electron chi connectivity index (χ0n) is 17.8. The molecule has 1 saturated heterocycles. The van der Waals surface area contributed by atoms with Crippen molar-refractivity contribution < 1.29 is 19.2 Å². The third kappa shape index (κ3) is 3.98. The number of amides is 3. The van der Waals surface area contributed by atoms with E-state index in [0.29, 0.717) is 43.2 Å². The van der Waals surface area contributed by atoms with E-state index in [9.17, 15) is 19.2 Å². The summed E-state index contributed by atoms with van der Waals surface area (Å²) < 4.78 is 0. The number of nitrogens with zero attached hydrogens (tertiary/aromatic N) is 2. The summed E-state index contributed by atoms with van der Waals surface area (Å²) in [6.07, 6.45) is 7.33. The minimum atomic E-state index is -0.599. The fourth-order valence-corrected chi connectivity index (χ4v) is 5.30. The van der Waals surface area contributed by atoms with Gasteiger partial charge in [-0.3, -0.25) is 24.5 Å². The van der Waals surface area contributed by atoms with Gasteiger partial charge >= 0.3 is 0 Å². The van der Waals surface area contributed by atoms with Crippen LogP contribution in [0.2, 0.25) is 0 Å². The van der Waals surface area contributed by atoms with E-state index in [0.717, 1.165) is 43.0 Å². The fraction of sp³-hybridized carbons (Fsp3) is 0.583. The van der Waals surface area contributed by atoms with Crippen LogP contribution in [0, 0.1) is 5.92 Å². The van der Waals surface area contributed by atoms with E-state index in [4.69, 9.17) is 0 Å². The standard InChI is InChI=1S/C24H29N3O4/c28-17-8-6-16(7-9-17)26(13-12-15-4-5-15)20-3-1-2-18-19(20)14-27(24(18)31)21-10-11-22(29)25-23(21)30/h1-3,15-16,21H,4-14H2,(H,25,29,30). The summed E-state index contributed by atoms with van der Waals surface area (Å²) in [5, 5.41) is 2.37. The molecule has 1 aromatic rings. The number of nitrogens with one attached hydrogen (secondary N) is 1. The molecular weight excluding hydrogens is 394 g/mol. The van der Waals surface area contributed by atoms with Crippen LogP contribution in [0.4, 0.5) is 5.69 Å². The van der Waals surface area contributed by atoms with Gasteiger partial charge in [0, 0.05) is 55.2 Å². The lowest BCUT2D eigenvalue weighted by atomic mass is 9.91. The number of carbonyl (C=O) groups is 4. The number of piperidine rings is 1. The Morgan fingerprint density at radius 1 is 0.968 bits per heavy atom. The molecular formula is C24H29N3O4. The number of imide groups is 1. The van der Waals surface area contributed by atoms with E-state index in [2.05, 4.69) is 16.3 Å². The lowest BCUT2D eigenvalue weighted by Gasteiger charge is -2.37. The van der Waals surface area contributed by atoms with Gasteiger partial charge in [0.25, 0.3) is 5.91 Å². The molecule has 1 N–H and O–H groups in total. The molecule has 31 heavy (non-hydrogen) atoms. The largest absolute Gasteiger partial charge is 0.368 e. The third-order valence-electron chi connectivity index (χ3n) is 7.30. The maximum Gasteiger partial charge on any atom is 0.255 e. The highest BCUT2D eigenvalue weighted by Gasteiger charge is 2.41. The summed E-state index contributed by atoms with van der Waals surface area (Å²) in [5.41, 5.74) is 2.70. The first kappa shape index (κ1) is 20.2. The van der Waals surface area contributed by atoms with Crippen molar-refractivity contribution in [3.63, 3.8) is 0 Å². The SMILES string of the molecule is O=C1CCC(N(CCC2CC2)c2cccc3c2CN(C2CCC(=O)NC2=O)C3=O)CC1. The van der Waals surface area contributed by atoms with E-state index in [1.165, 1.54) is 12.8 Å². The van der Waals surface area contributed by atoms with Crippen molar-refractivity contribution in [1.29, 1.82) is 0 Å². The smallest absolute Gasteiger partial charge is 0.255 e. The predicted octanol–water partition coefficient (Wildman–Crippen LogP) is 2.57. The van der Waals surface area contributed by atoms with E-state index in [1.807, 2.05) is 12.1 Å². The molecule has 4 aliphatic rings. The number of fused-ring (bicyclic) bond motifs is 1. The Hall–Kier alpha value is -2.70. The number of carbonyl (C=O) groups excluding carboxylic acids is 4. The monoisotopic (exact) mass is 423 g/mol. The van der Waals surface area contributed by atoms with Gasteiger partial charge in [0.15, 0.2) is 0 Å². The topological polar surface area (TPSA) is 86.8 Å². The second-order valence-electron chi connectivity index (χ2n) is 9.40. The zero-order valence-corrected chi connectivity index (χ0v) is 17.8. The maximum atomic E-state index is 13.2. The van der Waals surface area contributed by atoms with Crippen LogP contribution in [0.15, 0.2) is 18.2 Å². The fourth-order valence-electron chi connectivity index (χ4n) is 5.30. The Labute approximate surface area is 182 Å². The number of anilines is 1. The van der Waals surface area contributed by atoms with Crippen molar-refractivity contribution in [1.82, 2.24) is 10.2 Å². The van der Waals surface area contributed by atoms with Gasteiger partial charge in [-0.25, -0.2) is 0 Å². The number of hydrogen-bond donors (Lipinski definition) is 1. The van der Waals surface area contributed by atoms with Crippen LogP contribution >= 0.6 is 0 Å². The van der Waals surface area contributed by atoms with Crippen LogP contribution in [0.3, 0.4) is 0 Å². The van der Waals surface area contributed by atoms with Gasteiger partial charge in [-0.2, -0.15) is 0 Å². The predicted molar refractivity (Wildman–Crippen MR) is 114 cm³/mol. The molecule has 2 aliphatic carbocycles. The number of ketones is 1. The van der Waals surface area contributed by atoms with Gasteiger partial charge < -0.3 is 9.80 Å². The van der Waals surface area contributed by atoms with Gasteiger partial charge in [-0.15, -0.1) is 0 Å². The summed E-state index contributed by atoms with van der Waals surface area (Å²) in [4.78, 5) is 53.0.